The largest absolute Gasteiger partial charge is 0.135 e. The van der Waals surface area contributed by atoms with Crippen molar-refractivity contribution >= 4 is 45.3 Å². The van der Waals surface area contributed by atoms with Gasteiger partial charge in [0.25, 0.3) is 0 Å². The van der Waals surface area contributed by atoms with Crippen LogP contribution in [0.1, 0.15) is 40.3 Å². The highest BCUT2D eigenvalue weighted by Gasteiger charge is 1.99. The molecule has 1 aliphatic carbocycles. The lowest BCUT2D eigenvalue weighted by Gasteiger charge is -2.05. The van der Waals surface area contributed by atoms with Gasteiger partial charge in [-0.1, -0.05) is 17.9 Å². The van der Waals surface area contributed by atoms with Crippen molar-refractivity contribution in [3.05, 3.63) is 53.4 Å². The molecule has 0 saturated heterocycles. The van der Waals surface area contributed by atoms with Crippen LogP contribution in [0, 0.1) is 28.6 Å². The van der Waals surface area contributed by atoms with Crippen molar-refractivity contribution in [3.8, 4) is 11.8 Å². The maximum absolute atomic E-state index is 3.27. The molecule has 3 rings (SSSR count). The van der Waals surface area contributed by atoms with Crippen LogP contribution in [-0.4, -0.2) is 0 Å². The lowest BCUT2D eigenvalue weighted by atomic mass is 10.0. The van der Waals surface area contributed by atoms with Gasteiger partial charge in [0, 0.05) is 9.75 Å². The van der Waals surface area contributed by atoms with Crippen LogP contribution in [-0.2, 0) is 0 Å². The van der Waals surface area contributed by atoms with Crippen LogP contribution in [0.3, 0.4) is 0 Å². The number of hydrogen-bond acceptors (Lipinski definition) is 2. The minimum atomic E-state index is 1.18. The average Bonchev–Trinajstić information content (AvgIpc) is 3.07. The summed E-state index contributed by atoms with van der Waals surface area (Å²) in [6.45, 7) is 4.24. The Kier molecular flexibility index (Phi) is 7.01. The van der Waals surface area contributed by atoms with E-state index >= 15 is 0 Å². The van der Waals surface area contributed by atoms with Gasteiger partial charge in [-0.15, -0.1) is 22.7 Å². The van der Waals surface area contributed by atoms with Crippen LogP contribution in [0.4, 0.5) is 0 Å². The van der Waals surface area contributed by atoms with E-state index in [0.29, 0.717) is 0 Å². The van der Waals surface area contributed by atoms with Gasteiger partial charge in [0.15, 0.2) is 0 Å². The second-order valence-corrected chi connectivity index (χ2v) is 9.46. The van der Waals surface area contributed by atoms with Crippen LogP contribution in [0.2, 0.25) is 0 Å². The van der Waals surface area contributed by atoms with Crippen LogP contribution in [0.25, 0.3) is 0 Å². The van der Waals surface area contributed by atoms with Crippen LogP contribution in [0.15, 0.2) is 35.9 Å². The molecule has 110 valence electrons. The van der Waals surface area contributed by atoms with E-state index in [1.165, 1.54) is 48.8 Å². The van der Waals surface area contributed by atoms with E-state index in [2.05, 4.69) is 78.6 Å². The third kappa shape index (κ3) is 6.37. The van der Waals surface area contributed by atoms with Crippen LogP contribution >= 0.6 is 45.3 Å². The minimum Gasteiger partial charge on any atom is -0.135 e. The predicted molar refractivity (Wildman–Crippen MR) is 104 cm³/mol. The van der Waals surface area contributed by atoms with E-state index in [1.54, 1.807) is 11.3 Å². The summed E-state index contributed by atoms with van der Waals surface area (Å²) in [5.41, 5.74) is 1.34. The molecule has 2 aromatic heterocycles. The quantitative estimate of drug-likeness (QED) is 0.330. The van der Waals surface area contributed by atoms with E-state index in [1.807, 2.05) is 11.3 Å². The van der Waals surface area contributed by atoms with Crippen molar-refractivity contribution in [2.24, 2.45) is 0 Å². The number of allylic oxidation sites excluding steroid dienone is 2. The molecule has 0 N–H and O–H groups in total. The van der Waals surface area contributed by atoms with E-state index in [0.717, 1.165) is 0 Å². The summed E-state index contributed by atoms with van der Waals surface area (Å²) in [5.74, 6) is 6.51. The summed E-state index contributed by atoms with van der Waals surface area (Å²) < 4.78 is 1.37. The van der Waals surface area contributed by atoms with Crippen LogP contribution in [0.5, 0.6) is 0 Å². The van der Waals surface area contributed by atoms with E-state index in [4.69, 9.17) is 0 Å². The molecular weight excluding hydrogens is 407 g/mol. The normalized spacial score (nSPS) is 13.6. The van der Waals surface area contributed by atoms with E-state index in [-0.39, 0.29) is 0 Å². The standard InChI is InChI=1S/C13H14S.C5H5IS/c1-11-7-9-13(14-11)10-8-12-5-3-2-4-6-12;1-4-2-3-5(6)7-4/h5,7,9H,2-4,6H2,1H3;2-3H,1H3. The summed E-state index contributed by atoms with van der Waals surface area (Å²) >= 11 is 5.92. The molecule has 2 heterocycles. The first kappa shape index (κ1) is 16.8. The molecule has 0 aliphatic heterocycles. The highest BCUT2D eigenvalue weighted by atomic mass is 127. The van der Waals surface area contributed by atoms with Crippen LogP contribution < -0.4 is 0 Å². The fourth-order valence-corrected chi connectivity index (χ4v) is 4.52. The molecule has 0 amide bonds. The van der Waals surface area contributed by atoms with Crippen molar-refractivity contribution < 1.29 is 0 Å². The van der Waals surface area contributed by atoms with Crippen molar-refractivity contribution in [1.82, 2.24) is 0 Å². The zero-order valence-corrected chi connectivity index (χ0v) is 16.2. The number of halogens is 1. The minimum absolute atomic E-state index is 1.18. The Morgan fingerprint density at radius 3 is 2.19 bits per heavy atom. The fraction of sp³-hybridized carbons (Fsp3) is 0.333. The van der Waals surface area contributed by atoms with Crippen molar-refractivity contribution in [3.63, 3.8) is 0 Å². The Balaban J connectivity index is 0.000000194. The molecule has 3 heteroatoms. The first-order valence-corrected chi connectivity index (χ1v) is 9.84. The van der Waals surface area contributed by atoms with Gasteiger partial charge in [-0.2, -0.15) is 0 Å². The Bertz CT molecular complexity index is 648. The maximum Gasteiger partial charge on any atom is 0.0774 e. The molecule has 0 atom stereocenters. The van der Waals surface area contributed by atoms with Gasteiger partial charge in [0.2, 0.25) is 0 Å². The molecule has 0 unspecified atom stereocenters. The summed E-state index contributed by atoms with van der Waals surface area (Å²) in [5, 5.41) is 0. The SMILES string of the molecule is Cc1ccc(C#CC2=CCCCC2)s1.Cc1ccc(I)s1. The second-order valence-electron chi connectivity index (χ2n) is 4.99. The topological polar surface area (TPSA) is 0 Å². The number of aryl methyl sites for hydroxylation is 2. The monoisotopic (exact) mass is 426 g/mol. The lowest BCUT2D eigenvalue weighted by molar-refractivity contribution is 0.715. The first-order valence-electron chi connectivity index (χ1n) is 7.13. The molecular formula is C18H19IS2. The Morgan fingerprint density at radius 1 is 0.952 bits per heavy atom. The molecule has 0 fully saturated rings. The van der Waals surface area contributed by atoms with Gasteiger partial charge in [0.05, 0.1) is 7.76 Å². The second kappa shape index (κ2) is 8.77. The number of rotatable bonds is 0. The van der Waals surface area contributed by atoms with Gasteiger partial charge in [0.1, 0.15) is 0 Å². The average molecular weight is 426 g/mol. The van der Waals surface area contributed by atoms with Crippen molar-refractivity contribution in [2.45, 2.75) is 39.5 Å². The molecule has 0 spiro atoms. The third-order valence-corrected chi connectivity index (χ3v) is 5.81. The molecule has 0 radical (unpaired) electrons. The molecule has 0 aromatic carbocycles. The van der Waals surface area contributed by atoms with Gasteiger partial charge in [-0.25, -0.2) is 0 Å². The smallest absolute Gasteiger partial charge is 0.0774 e. The number of thiophene rings is 2. The zero-order chi connectivity index (χ0) is 15.1. The molecule has 0 nitrogen and oxygen atoms in total. The van der Waals surface area contributed by atoms with Crippen molar-refractivity contribution in [1.29, 1.82) is 0 Å². The van der Waals surface area contributed by atoms with Gasteiger partial charge >= 0.3 is 0 Å². The lowest BCUT2D eigenvalue weighted by Crippen LogP contribution is -1.88. The molecule has 21 heavy (non-hydrogen) atoms. The summed E-state index contributed by atoms with van der Waals surface area (Å²) in [6.07, 6.45) is 7.33. The van der Waals surface area contributed by atoms with Crippen molar-refractivity contribution in [2.75, 3.05) is 0 Å². The number of hydrogen-bond donors (Lipinski definition) is 0. The van der Waals surface area contributed by atoms with Gasteiger partial charge in [-0.05, 0) is 92.0 Å². The molecule has 0 saturated carbocycles. The van der Waals surface area contributed by atoms with Gasteiger partial charge < -0.3 is 0 Å². The van der Waals surface area contributed by atoms with Gasteiger partial charge in [-0.3, -0.25) is 0 Å². The molecule has 2 aromatic rings. The predicted octanol–water partition coefficient (Wildman–Crippen LogP) is 6.57. The first-order chi connectivity index (χ1) is 10.1. The summed E-state index contributed by atoms with van der Waals surface area (Å²) in [4.78, 5) is 3.92. The summed E-state index contributed by atoms with van der Waals surface area (Å²) in [6, 6.07) is 8.49. The Morgan fingerprint density at radius 2 is 1.71 bits per heavy atom. The maximum atomic E-state index is 3.27. The fourth-order valence-electron chi connectivity index (χ4n) is 2.00. The Hall–Kier alpha value is -0.570. The molecule has 1 aliphatic rings. The summed E-state index contributed by atoms with van der Waals surface area (Å²) in [7, 11) is 0. The molecule has 0 bridgehead atoms. The zero-order valence-electron chi connectivity index (χ0n) is 12.4. The highest BCUT2D eigenvalue weighted by molar-refractivity contribution is 14.1. The van der Waals surface area contributed by atoms with E-state index in [9.17, 15) is 0 Å². The Labute approximate surface area is 149 Å². The van der Waals surface area contributed by atoms with E-state index < -0.39 is 0 Å². The third-order valence-electron chi connectivity index (χ3n) is 3.09. The highest BCUT2D eigenvalue weighted by Crippen LogP contribution is 2.18.